The van der Waals surface area contributed by atoms with Gasteiger partial charge in [0, 0.05) is 6.54 Å². The van der Waals surface area contributed by atoms with Gasteiger partial charge in [-0.05, 0) is 24.3 Å². The minimum absolute atomic E-state index is 0.0670. The number of rotatable bonds is 2. The smallest absolute Gasteiger partial charge is 0.285 e. The van der Waals surface area contributed by atoms with Crippen LogP contribution in [0.4, 0.5) is 5.69 Å². The standard InChI is InChI=1S/C6H7N3O3S/c1-2-9-5(11)3(8-12)4(10)7-6(9)13/h11H,2H2,1H3,(H,7,10,13). The van der Waals surface area contributed by atoms with E-state index in [1.54, 1.807) is 6.92 Å². The Labute approximate surface area is 77.8 Å². The SMILES string of the molecule is CCn1c(O)c(N=O)c(=O)[nH]c1=S. The maximum absolute atomic E-state index is 11.0. The number of aromatic nitrogens is 2. The van der Waals surface area contributed by atoms with Crippen LogP contribution in [0.1, 0.15) is 6.92 Å². The predicted octanol–water partition coefficient (Wildman–Crippen LogP) is 1.03. The van der Waals surface area contributed by atoms with Crippen molar-refractivity contribution in [3.05, 3.63) is 20.0 Å². The molecule has 0 bridgehead atoms. The van der Waals surface area contributed by atoms with Crippen molar-refractivity contribution in [2.45, 2.75) is 13.5 Å². The molecule has 1 aromatic rings. The Morgan fingerprint density at radius 1 is 1.69 bits per heavy atom. The summed E-state index contributed by atoms with van der Waals surface area (Å²) >= 11 is 4.74. The molecule has 70 valence electrons. The van der Waals surface area contributed by atoms with Gasteiger partial charge in [0.25, 0.3) is 5.56 Å². The average Bonchev–Trinajstić information content (AvgIpc) is 2.04. The van der Waals surface area contributed by atoms with Gasteiger partial charge in [-0.3, -0.25) is 14.3 Å². The molecule has 0 saturated carbocycles. The molecule has 0 spiro atoms. The molecular weight excluding hydrogens is 194 g/mol. The number of nitrogens with one attached hydrogen (secondary N) is 1. The van der Waals surface area contributed by atoms with Crippen LogP contribution in [-0.4, -0.2) is 14.7 Å². The Morgan fingerprint density at radius 2 is 2.31 bits per heavy atom. The van der Waals surface area contributed by atoms with Gasteiger partial charge in [0.1, 0.15) is 0 Å². The van der Waals surface area contributed by atoms with E-state index in [-0.39, 0.29) is 4.77 Å². The second-order valence-electron chi connectivity index (χ2n) is 2.27. The third kappa shape index (κ3) is 1.50. The molecule has 1 rings (SSSR count). The quantitative estimate of drug-likeness (QED) is 0.552. The van der Waals surface area contributed by atoms with Gasteiger partial charge in [0.05, 0.1) is 0 Å². The van der Waals surface area contributed by atoms with Gasteiger partial charge in [-0.15, -0.1) is 4.91 Å². The van der Waals surface area contributed by atoms with Gasteiger partial charge in [0.2, 0.25) is 11.6 Å². The molecule has 0 aromatic carbocycles. The minimum atomic E-state index is -0.776. The van der Waals surface area contributed by atoms with Gasteiger partial charge in [-0.1, -0.05) is 0 Å². The molecule has 7 heteroatoms. The Morgan fingerprint density at radius 3 is 2.77 bits per heavy atom. The van der Waals surface area contributed by atoms with E-state index in [1.807, 2.05) is 0 Å². The van der Waals surface area contributed by atoms with Gasteiger partial charge in [0.15, 0.2) is 4.77 Å². The number of aromatic amines is 1. The summed E-state index contributed by atoms with van der Waals surface area (Å²) in [6.07, 6.45) is 0. The molecule has 1 heterocycles. The maximum atomic E-state index is 11.0. The molecule has 0 aliphatic heterocycles. The molecule has 6 nitrogen and oxygen atoms in total. The fourth-order valence-electron chi connectivity index (χ4n) is 0.925. The lowest BCUT2D eigenvalue weighted by atomic mass is 10.5. The summed E-state index contributed by atoms with van der Waals surface area (Å²) in [5, 5.41) is 11.7. The van der Waals surface area contributed by atoms with Crippen molar-refractivity contribution in [2.24, 2.45) is 5.18 Å². The zero-order valence-electron chi connectivity index (χ0n) is 6.77. The van der Waals surface area contributed by atoms with Gasteiger partial charge >= 0.3 is 0 Å². The summed E-state index contributed by atoms with van der Waals surface area (Å²) in [7, 11) is 0. The van der Waals surface area contributed by atoms with Gasteiger partial charge in [-0.25, -0.2) is 0 Å². The van der Waals surface area contributed by atoms with Crippen molar-refractivity contribution < 1.29 is 5.11 Å². The summed E-state index contributed by atoms with van der Waals surface area (Å²) in [5.41, 5.74) is -1.32. The highest BCUT2D eigenvalue weighted by atomic mass is 32.1. The third-order valence-corrected chi connectivity index (χ3v) is 1.88. The van der Waals surface area contributed by atoms with Gasteiger partial charge < -0.3 is 5.11 Å². The number of aromatic hydroxyl groups is 1. The largest absolute Gasteiger partial charge is 0.493 e. The monoisotopic (exact) mass is 201 g/mol. The van der Waals surface area contributed by atoms with Crippen LogP contribution in [0, 0.1) is 9.68 Å². The lowest BCUT2D eigenvalue weighted by molar-refractivity contribution is 0.411. The summed E-state index contributed by atoms with van der Waals surface area (Å²) in [6.45, 7) is 2.06. The van der Waals surface area contributed by atoms with E-state index < -0.39 is 17.1 Å². The second-order valence-corrected chi connectivity index (χ2v) is 2.65. The first-order valence-electron chi connectivity index (χ1n) is 3.51. The first kappa shape index (κ1) is 9.59. The molecule has 0 amide bonds. The highest BCUT2D eigenvalue weighted by molar-refractivity contribution is 7.71. The summed E-state index contributed by atoms with van der Waals surface area (Å²) in [6, 6.07) is 0. The molecule has 0 aliphatic carbocycles. The predicted molar refractivity (Wildman–Crippen MR) is 48.7 cm³/mol. The number of hydrogen-bond donors (Lipinski definition) is 2. The minimum Gasteiger partial charge on any atom is -0.493 e. The first-order chi connectivity index (χ1) is 6.11. The highest BCUT2D eigenvalue weighted by Gasteiger charge is 2.11. The first-order valence-corrected chi connectivity index (χ1v) is 3.92. The summed E-state index contributed by atoms with van der Waals surface area (Å²) < 4.78 is 1.27. The molecule has 0 radical (unpaired) electrons. The Kier molecular flexibility index (Phi) is 2.57. The Balaban J connectivity index is 3.68. The summed E-state index contributed by atoms with van der Waals surface area (Å²) in [5.74, 6) is -0.494. The second kappa shape index (κ2) is 3.48. The molecule has 0 fully saturated rings. The fourth-order valence-corrected chi connectivity index (χ4v) is 1.23. The van der Waals surface area contributed by atoms with E-state index in [0.29, 0.717) is 6.54 Å². The Bertz CT molecular complexity index is 447. The van der Waals surface area contributed by atoms with Crippen LogP contribution < -0.4 is 5.56 Å². The van der Waals surface area contributed by atoms with E-state index in [1.165, 1.54) is 4.57 Å². The van der Waals surface area contributed by atoms with E-state index >= 15 is 0 Å². The molecule has 1 aromatic heterocycles. The molecular formula is C6H7N3O3S. The van der Waals surface area contributed by atoms with Crippen molar-refractivity contribution >= 4 is 17.9 Å². The molecule has 0 saturated heterocycles. The van der Waals surface area contributed by atoms with Crippen molar-refractivity contribution in [3.63, 3.8) is 0 Å². The lowest BCUT2D eigenvalue weighted by Gasteiger charge is -2.05. The van der Waals surface area contributed by atoms with E-state index in [2.05, 4.69) is 10.2 Å². The highest BCUT2D eigenvalue weighted by Crippen LogP contribution is 2.20. The molecule has 0 aliphatic rings. The zero-order valence-corrected chi connectivity index (χ0v) is 7.59. The number of nitrogens with zero attached hydrogens (tertiary/aromatic N) is 2. The maximum Gasteiger partial charge on any atom is 0.285 e. The van der Waals surface area contributed by atoms with Crippen LogP contribution in [-0.2, 0) is 6.54 Å². The van der Waals surface area contributed by atoms with Crippen LogP contribution in [0.3, 0.4) is 0 Å². The normalized spacial score (nSPS) is 9.92. The van der Waals surface area contributed by atoms with Gasteiger partial charge in [-0.2, -0.15) is 0 Å². The van der Waals surface area contributed by atoms with Crippen molar-refractivity contribution in [3.8, 4) is 5.88 Å². The molecule has 0 atom stereocenters. The number of H-pyrrole nitrogens is 1. The van der Waals surface area contributed by atoms with Crippen molar-refractivity contribution in [1.82, 2.24) is 9.55 Å². The number of hydrogen-bond acceptors (Lipinski definition) is 5. The summed E-state index contributed by atoms with van der Waals surface area (Å²) in [4.78, 5) is 23.3. The average molecular weight is 201 g/mol. The van der Waals surface area contributed by atoms with Crippen molar-refractivity contribution in [2.75, 3.05) is 0 Å². The van der Waals surface area contributed by atoms with Crippen LogP contribution >= 0.6 is 12.2 Å². The van der Waals surface area contributed by atoms with E-state index in [0.717, 1.165) is 0 Å². The van der Waals surface area contributed by atoms with E-state index in [4.69, 9.17) is 12.2 Å². The Hall–Kier alpha value is -1.50. The van der Waals surface area contributed by atoms with Crippen molar-refractivity contribution in [1.29, 1.82) is 0 Å². The topological polar surface area (TPSA) is 87.4 Å². The number of nitroso groups, excluding NO2 is 1. The fraction of sp³-hybridized carbons (Fsp3) is 0.333. The van der Waals surface area contributed by atoms with Crippen LogP contribution in [0.25, 0.3) is 0 Å². The lowest BCUT2D eigenvalue weighted by Crippen LogP contribution is -2.12. The van der Waals surface area contributed by atoms with Crippen LogP contribution in [0.15, 0.2) is 9.97 Å². The van der Waals surface area contributed by atoms with Crippen LogP contribution in [0.5, 0.6) is 5.88 Å². The van der Waals surface area contributed by atoms with Crippen LogP contribution in [0.2, 0.25) is 0 Å². The van der Waals surface area contributed by atoms with E-state index in [9.17, 15) is 14.8 Å². The molecule has 13 heavy (non-hydrogen) atoms. The molecule has 2 N–H and O–H groups in total. The zero-order chi connectivity index (χ0) is 10.0. The molecule has 0 unspecified atom stereocenters. The third-order valence-electron chi connectivity index (χ3n) is 1.56.